The highest BCUT2D eigenvalue weighted by Crippen LogP contribution is 2.29. The smallest absolute Gasteiger partial charge is 0.255 e. The van der Waals surface area contributed by atoms with Crippen molar-refractivity contribution < 1.29 is 9.53 Å². The molecule has 0 atom stereocenters. The molecule has 1 aromatic heterocycles. The molecule has 0 radical (unpaired) electrons. The van der Waals surface area contributed by atoms with Crippen LogP contribution in [0, 0.1) is 0 Å². The predicted molar refractivity (Wildman–Crippen MR) is 123 cm³/mol. The molecular formula is C25H26N4O2. The van der Waals surface area contributed by atoms with E-state index in [-0.39, 0.29) is 5.91 Å². The molecule has 0 unspecified atom stereocenters. The van der Waals surface area contributed by atoms with Gasteiger partial charge in [0.1, 0.15) is 0 Å². The van der Waals surface area contributed by atoms with Crippen molar-refractivity contribution in [1.82, 2.24) is 4.98 Å². The summed E-state index contributed by atoms with van der Waals surface area (Å²) in [4.78, 5) is 21.7. The second kappa shape index (κ2) is 8.78. The van der Waals surface area contributed by atoms with Crippen LogP contribution in [0.15, 0.2) is 67.0 Å². The third-order valence-corrected chi connectivity index (χ3v) is 5.97. The number of fused-ring (bicyclic) bond motifs is 1. The summed E-state index contributed by atoms with van der Waals surface area (Å²) in [7, 11) is 0. The van der Waals surface area contributed by atoms with E-state index in [0.29, 0.717) is 18.8 Å². The van der Waals surface area contributed by atoms with Crippen LogP contribution in [-0.4, -0.2) is 43.7 Å². The molecular weight excluding hydrogens is 388 g/mol. The van der Waals surface area contributed by atoms with Crippen LogP contribution in [0.3, 0.4) is 0 Å². The van der Waals surface area contributed by atoms with E-state index >= 15 is 0 Å². The first-order valence-corrected chi connectivity index (χ1v) is 10.8. The van der Waals surface area contributed by atoms with Crippen LogP contribution in [0.2, 0.25) is 0 Å². The fraction of sp³-hybridized carbons (Fsp3) is 0.280. The average Bonchev–Trinajstić information content (AvgIpc) is 3.23. The molecule has 1 N–H and O–H groups in total. The van der Waals surface area contributed by atoms with Crippen LogP contribution >= 0.6 is 0 Å². The van der Waals surface area contributed by atoms with Crippen molar-refractivity contribution in [2.45, 2.75) is 13.0 Å². The van der Waals surface area contributed by atoms with E-state index in [9.17, 15) is 4.79 Å². The standard InChI is InChI=1S/C25H26N4O2/c30-25(27-22-9-11-26-17-24(22)28-13-15-31-16-14-28)21-7-5-19(6-8-21)18-29-12-10-20-3-1-2-4-23(20)29/h1-9,11,17H,10,12-16,18H2,(H,26,27,30). The molecule has 3 heterocycles. The molecule has 31 heavy (non-hydrogen) atoms. The number of amides is 1. The highest BCUT2D eigenvalue weighted by atomic mass is 16.5. The molecule has 2 aliphatic rings. The number of carbonyl (C=O) groups is 1. The van der Waals surface area contributed by atoms with Gasteiger partial charge in [0.05, 0.1) is 30.8 Å². The summed E-state index contributed by atoms with van der Waals surface area (Å²) in [5, 5.41) is 3.06. The maximum Gasteiger partial charge on any atom is 0.255 e. The average molecular weight is 415 g/mol. The van der Waals surface area contributed by atoms with Gasteiger partial charge in [0.2, 0.25) is 0 Å². The zero-order valence-corrected chi connectivity index (χ0v) is 17.5. The minimum Gasteiger partial charge on any atom is -0.378 e. The maximum absolute atomic E-state index is 12.9. The van der Waals surface area contributed by atoms with Crippen molar-refractivity contribution in [1.29, 1.82) is 0 Å². The van der Waals surface area contributed by atoms with E-state index in [0.717, 1.165) is 44.0 Å². The number of morpholine rings is 1. The normalized spacial score (nSPS) is 15.6. The molecule has 6 heteroatoms. The molecule has 6 nitrogen and oxygen atoms in total. The molecule has 1 saturated heterocycles. The Labute approximate surface area is 182 Å². The van der Waals surface area contributed by atoms with Crippen molar-refractivity contribution in [3.8, 4) is 0 Å². The Morgan fingerprint density at radius 2 is 1.77 bits per heavy atom. The van der Waals surface area contributed by atoms with E-state index in [1.165, 1.54) is 16.8 Å². The Hall–Kier alpha value is -3.38. The quantitative estimate of drug-likeness (QED) is 0.689. The van der Waals surface area contributed by atoms with E-state index in [2.05, 4.69) is 44.4 Å². The third-order valence-electron chi connectivity index (χ3n) is 5.97. The summed E-state index contributed by atoms with van der Waals surface area (Å²) in [6, 6.07) is 18.3. The summed E-state index contributed by atoms with van der Waals surface area (Å²) in [6.45, 7) is 4.85. The zero-order chi connectivity index (χ0) is 21.0. The van der Waals surface area contributed by atoms with Gasteiger partial charge in [0, 0.05) is 43.6 Å². The molecule has 158 valence electrons. The number of anilines is 3. The lowest BCUT2D eigenvalue weighted by molar-refractivity contribution is 0.102. The number of nitrogens with one attached hydrogen (secondary N) is 1. The number of hydrogen-bond acceptors (Lipinski definition) is 5. The highest BCUT2D eigenvalue weighted by molar-refractivity contribution is 6.05. The van der Waals surface area contributed by atoms with Crippen LogP contribution < -0.4 is 15.1 Å². The van der Waals surface area contributed by atoms with Gasteiger partial charge in [-0.25, -0.2) is 0 Å². The SMILES string of the molecule is O=C(Nc1ccncc1N1CCOCC1)c1ccc(CN2CCc3ccccc32)cc1. The molecule has 0 aliphatic carbocycles. The minimum atomic E-state index is -0.112. The van der Waals surface area contributed by atoms with E-state index in [1.54, 1.807) is 12.4 Å². The van der Waals surface area contributed by atoms with Crippen LogP contribution in [0.4, 0.5) is 17.1 Å². The third kappa shape index (κ3) is 4.25. The summed E-state index contributed by atoms with van der Waals surface area (Å²) in [5.41, 5.74) is 6.29. The Balaban J connectivity index is 1.26. The number of pyridine rings is 1. The molecule has 0 bridgehead atoms. The fourth-order valence-corrected chi connectivity index (χ4v) is 4.30. The zero-order valence-electron chi connectivity index (χ0n) is 17.5. The van der Waals surface area contributed by atoms with E-state index in [1.807, 2.05) is 30.3 Å². The Bertz CT molecular complexity index is 1060. The molecule has 2 aromatic carbocycles. The van der Waals surface area contributed by atoms with Gasteiger partial charge in [0.15, 0.2) is 0 Å². The summed E-state index contributed by atoms with van der Waals surface area (Å²) in [6.07, 6.45) is 4.60. The van der Waals surface area contributed by atoms with Gasteiger partial charge in [-0.05, 0) is 41.8 Å². The van der Waals surface area contributed by atoms with Crippen molar-refractivity contribution in [2.75, 3.05) is 48.0 Å². The number of ether oxygens (including phenoxy) is 1. The van der Waals surface area contributed by atoms with Gasteiger partial charge in [-0.2, -0.15) is 0 Å². The number of carbonyl (C=O) groups excluding carboxylic acids is 1. The lowest BCUT2D eigenvalue weighted by Gasteiger charge is -2.30. The Kier molecular flexibility index (Phi) is 5.54. The number of nitrogens with zero attached hydrogens (tertiary/aromatic N) is 3. The molecule has 3 aromatic rings. The molecule has 1 amide bonds. The van der Waals surface area contributed by atoms with Crippen LogP contribution in [0.25, 0.3) is 0 Å². The van der Waals surface area contributed by atoms with E-state index in [4.69, 9.17) is 4.74 Å². The van der Waals surface area contributed by atoms with Crippen molar-refractivity contribution in [3.05, 3.63) is 83.7 Å². The van der Waals surface area contributed by atoms with E-state index < -0.39 is 0 Å². The number of benzene rings is 2. The number of hydrogen-bond donors (Lipinski definition) is 1. The van der Waals surface area contributed by atoms with Gasteiger partial charge >= 0.3 is 0 Å². The second-order valence-corrected chi connectivity index (χ2v) is 7.94. The number of para-hydroxylation sites is 1. The van der Waals surface area contributed by atoms with Crippen molar-refractivity contribution >= 4 is 23.0 Å². The lowest BCUT2D eigenvalue weighted by Crippen LogP contribution is -2.36. The van der Waals surface area contributed by atoms with Gasteiger partial charge in [-0.3, -0.25) is 9.78 Å². The van der Waals surface area contributed by atoms with Crippen LogP contribution in [0.5, 0.6) is 0 Å². The molecule has 0 spiro atoms. The molecule has 0 saturated carbocycles. The predicted octanol–water partition coefficient (Wildman–Crippen LogP) is 3.73. The second-order valence-electron chi connectivity index (χ2n) is 7.94. The lowest BCUT2D eigenvalue weighted by atomic mass is 10.1. The molecule has 2 aliphatic heterocycles. The van der Waals surface area contributed by atoms with Gasteiger partial charge in [-0.1, -0.05) is 30.3 Å². The summed E-state index contributed by atoms with van der Waals surface area (Å²) < 4.78 is 5.44. The van der Waals surface area contributed by atoms with Crippen LogP contribution in [0.1, 0.15) is 21.5 Å². The Morgan fingerprint density at radius 1 is 0.968 bits per heavy atom. The first-order chi connectivity index (χ1) is 15.3. The number of rotatable bonds is 5. The van der Waals surface area contributed by atoms with Crippen LogP contribution in [-0.2, 0) is 17.7 Å². The van der Waals surface area contributed by atoms with Gasteiger partial charge in [-0.15, -0.1) is 0 Å². The topological polar surface area (TPSA) is 57.7 Å². The highest BCUT2D eigenvalue weighted by Gasteiger charge is 2.19. The summed E-state index contributed by atoms with van der Waals surface area (Å²) in [5.74, 6) is -0.112. The molecule has 5 rings (SSSR count). The maximum atomic E-state index is 12.9. The van der Waals surface area contributed by atoms with Gasteiger partial charge in [0.25, 0.3) is 5.91 Å². The fourth-order valence-electron chi connectivity index (χ4n) is 4.30. The Morgan fingerprint density at radius 3 is 2.61 bits per heavy atom. The minimum absolute atomic E-state index is 0.112. The van der Waals surface area contributed by atoms with Crippen molar-refractivity contribution in [2.24, 2.45) is 0 Å². The van der Waals surface area contributed by atoms with Crippen molar-refractivity contribution in [3.63, 3.8) is 0 Å². The first-order valence-electron chi connectivity index (χ1n) is 10.8. The first kappa shape index (κ1) is 19.6. The molecule has 1 fully saturated rings. The summed E-state index contributed by atoms with van der Waals surface area (Å²) >= 11 is 0. The number of aromatic nitrogens is 1. The monoisotopic (exact) mass is 414 g/mol. The van der Waals surface area contributed by atoms with Gasteiger partial charge < -0.3 is 19.9 Å². The largest absolute Gasteiger partial charge is 0.378 e.